The third-order valence-electron chi connectivity index (χ3n) is 5.42. The number of nitrogens with one attached hydrogen (secondary N) is 1. The van der Waals surface area contributed by atoms with E-state index in [-0.39, 0.29) is 17.8 Å². The number of fused-ring (bicyclic) bond motifs is 1. The van der Waals surface area contributed by atoms with Gasteiger partial charge in [-0.2, -0.15) is 0 Å². The van der Waals surface area contributed by atoms with Crippen molar-refractivity contribution in [2.24, 2.45) is 0 Å². The molecule has 0 amide bonds. The van der Waals surface area contributed by atoms with Gasteiger partial charge in [-0.15, -0.1) is 0 Å². The molecule has 0 atom stereocenters. The molecule has 0 spiro atoms. The summed E-state index contributed by atoms with van der Waals surface area (Å²) in [5, 5.41) is 0. The number of nitrogens with zero attached hydrogens (tertiary/aromatic N) is 1. The fourth-order valence-electron chi connectivity index (χ4n) is 3.89. The zero-order valence-corrected chi connectivity index (χ0v) is 17.0. The van der Waals surface area contributed by atoms with E-state index in [2.05, 4.69) is 9.97 Å². The Balaban J connectivity index is 1.63. The molecule has 1 N–H and O–H groups in total. The van der Waals surface area contributed by atoms with Gasteiger partial charge >= 0.3 is 0 Å². The molecule has 2 aromatic heterocycles. The van der Waals surface area contributed by atoms with E-state index in [9.17, 15) is 9.59 Å². The van der Waals surface area contributed by atoms with Crippen molar-refractivity contribution < 1.29 is 9.53 Å². The first-order valence-electron chi connectivity index (χ1n) is 9.87. The van der Waals surface area contributed by atoms with Gasteiger partial charge in [0, 0.05) is 52.7 Å². The summed E-state index contributed by atoms with van der Waals surface area (Å²) in [4.78, 5) is 32.4. The van der Waals surface area contributed by atoms with Crippen molar-refractivity contribution >= 4 is 5.78 Å². The summed E-state index contributed by atoms with van der Waals surface area (Å²) in [5.41, 5.74) is 6.82. The maximum atomic E-state index is 13.0. The monoisotopic (exact) mass is 388 g/mol. The second-order valence-electron chi connectivity index (χ2n) is 7.66. The van der Waals surface area contributed by atoms with Crippen LogP contribution in [0.3, 0.4) is 0 Å². The summed E-state index contributed by atoms with van der Waals surface area (Å²) in [6, 6.07) is 9.73. The molecule has 3 heterocycles. The summed E-state index contributed by atoms with van der Waals surface area (Å²) in [7, 11) is 0. The molecule has 0 saturated carbocycles. The highest BCUT2D eigenvalue weighted by molar-refractivity contribution is 5.98. The van der Waals surface area contributed by atoms with Gasteiger partial charge in [-0.1, -0.05) is 6.07 Å². The second kappa shape index (κ2) is 7.66. The number of hydrogen-bond donors (Lipinski definition) is 1. The molecular weight excluding hydrogens is 364 g/mol. The molecule has 1 aliphatic heterocycles. The molecule has 148 valence electrons. The summed E-state index contributed by atoms with van der Waals surface area (Å²) >= 11 is 0. The Labute approximate surface area is 169 Å². The molecule has 0 fully saturated rings. The van der Waals surface area contributed by atoms with Crippen LogP contribution in [0.2, 0.25) is 0 Å². The fourth-order valence-corrected chi connectivity index (χ4v) is 3.89. The van der Waals surface area contributed by atoms with E-state index in [1.54, 1.807) is 0 Å². The van der Waals surface area contributed by atoms with E-state index >= 15 is 0 Å². The van der Waals surface area contributed by atoms with E-state index in [4.69, 9.17) is 4.74 Å². The van der Waals surface area contributed by atoms with E-state index in [1.165, 1.54) is 0 Å². The van der Waals surface area contributed by atoms with Crippen LogP contribution in [0.15, 0.2) is 41.3 Å². The minimum Gasteiger partial charge on any atom is -0.492 e. The van der Waals surface area contributed by atoms with Gasteiger partial charge < -0.3 is 9.72 Å². The van der Waals surface area contributed by atoms with Crippen molar-refractivity contribution in [3.05, 3.63) is 80.5 Å². The molecule has 0 bridgehead atoms. The summed E-state index contributed by atoms with van der Waals surface area (Å²) in [6.45, 7) is 6.34. The van der Waals surface area contributed by atoms with Crippen molar-refractivity contribution in [2.45, 2.75) is 40.0 Å². The van der Waals surface area contributed by atoms with E-state index in [0.29, 0.717) is 24.2 Å². The Bertz CT molecular complexity index is 1140. The molecule has 0 radical (unpaired) electrons. The average molecular weight is 388 g/mol. The summed E-state index contributed by atoms with van der Waals surface area (Å²) in [5.74, 6) is 0.874. The molecule has 0 aliphatic carbocycles. The predicted molar refractivity (Wildman–Crippen MR) is 113 cm³/mol. The number of hydrogen-bond acceptors (Lipinski definition) is 4. The Hall–Kier alpha value is -3.21. The maximum absolute atomic E-state index is 13.0. The Morgan fingerprint density at radius 3 is 2.72 bits per heavy atom. The molecule has 4 rings (SSSR count). The number of Topliss-reactive ketones (excluding diaryl/α,β-unsaturated/α-hetero) is 1. The Kier molecular flexibility index (Phi) is 5.05. The smallest absolute Gasteiger partial charge is 0.251 e. The Morgan fingerprint density at radius 2 is 2.00 bits per heavy atom. The highest BCUT2D eigenvalue weighted by atomic mass is 16.5. The van der Waals surface area contributed by atoms with E-state index < -0.39 is 0 Å². The first kappa shape index (κ1) is 19.1. The first-order chi connectivity index (χ1) is 13.9. The van der Waals surface area contributed by atoms with Gasteiger partial charge in [-0.3, -0.25) is 14.6 Å². The third-order valence-corrected chi connectivity index (χ3v) is 5.42. The van der Waals surface area contributed by atoms with Crippen LogP contribution in [0.1, 0.15) is 44.9 Å². The lowest BCUT2D eigenvalue weighted by molar-refractivity contribution is 0.0982. The SMILES string of the molecule is Cc1ccc(-c2cc(C(=O)CCc3c(C)cc(C)[nH]c3=O)cc3c2OCC3)cn1. The quantitative estimate of drug-likeness (QED) is 0.668. The van der Waals surface area contributed by atoms with Gasteiger partial charge in [0.15, 0.2) is 5.78 Å². The fraction of sp³-hybridized carbons (Fsp3) is 0.292. The minimum absolute atomic E-state index is 0.0281. The molecule has 3 aromatic rings. The molecular formula is C24H24N2O3. The van der Waals surface area contributed by atoms with Crippen molar-refractivity contribution in [1.82, 2.24) is 9.97 Å². The lowest BCUT2D eigenvalue weighted by Gasteiger charge is -2.12. The normalized spacial score (nSPS) is 12.5. The largest absolute Gasteiger partial charge is 0.492 e. The lowest BCUT2D eigenvalue weighted by Crippen LogP contribution is -2.17. The number of aromatic amines is 1. The Morgan fingerprint density at radius 1 is 1.17 bits per heavy atom. The number of ether oxygens (including phenoxy) is 1. The topological polar surface area (TPSA) is 72.0 Å². The van der Waals surface area contributed by atoms with Crippen LogP contribution in [0.4, 0.5) is 0 Å². The van der Waals surface area contributed by atoms with Gasteiger partial charge in [0.1, 0.15) is 5.75 Å². The third kappa shape index (κ3) is 3.86. The van der Waals surface area contributed by atoms with Crippen molar-refractivity contribution in [2.75, 3.05) is 6.61 Å². The predicted octanol–water partition coefficient (Wildman–Crippen LogP) is 4.11. The van der Waals surface area contributed by atoms with E-state index in [0.717, 1.165) is 45.8 Å². The van der Waals surface area contributed by atoms with Crippen LogP contribution in [-0.4, -0.2) is 22.4 Å². The lowest BCUT2D eigenvalue weighted by atomic mass is 9.94. The van der Waals surface area contributed by atoms with Crippen molar-refractivity contribution in [3.8, 4) is 16.9 Å². The zero-order chi connectivity index (χ0) is 20.5. The summed E-state index contributed by atoms with van der Waals surface area (Å²) < 4.78 is 5.84. The molecule has 5 nitrogen and oxygen atoms in total. The van der Waals surface area contributed by atoms with Crippen molar-refractivity contribution in [3.63, 3.8) is 0 Å². The molecule has 1 aliphatic rings. The average Bonchev–Trinajstić information content (AvgIpc) is 3.15. The molecule has 0 unspecified atom stereocenters. The highest BCUT2D eigenvalue weighted by Crippen LogP contribution is 2.38. The molecule has 1 aromatic carbocycles. The summed E-state index contributed by atoms with van der Waals surface area (Å²) in [6.07, 6.45) is 3.32. The number of aromatic nitrogens is 2. The highest BCUT2D eigenvalue weighted by Gasteiger charge is 2.21. The van der Waals surface area contributed by atoms with Crippen LogP contribution in [0.25, 0.3) is 11.1 Å². The van der Waals surface area contributed by atoms with Crippen molar-refractivity contribution in [1.29, 1.82) is 0 Å². The van der Waals surface area contributed by atoms with E-state index in [1.807, 2.05) is 57.3 Å². The number of aryl methyl sites for hydroxylation is 3. The number of carbonyl (C=O) groups is 1. The minimum atomic E-state index is -0.107. The van der Waals surface area contributed by atoms with Crippen LogP contribution < -0.4 is 10.3 Å². The number of benzene rings is 1. The van der Waals surface area contributed by atoms with Crippen LogP contribution in [0, 0.1) is 20.8 Å². The molecule has 0 saturated heterocycles. The number of ketones is 1. The maximum Gasteiger partial charge on any atom is 0.251 e. The van der Waals surface area contributed by atoms with Gasteiger partial charge in [-0.05, 0) is 62.6 Å². The number of carbonyl (C=O) groups excluding carboxylic acids is 1. The van der Waals surface area contributed by atoms with Crippen LogP contribution >= 0.6 is 0 Å². The molecule has 5 heteroatoms. The first-order valence-corrected chi connectivity index (χ1v) is 9.87. The van der Waals surface area contributed by atoms with Gasteiger partial charge in [0.25, 0.3) is 5.56 Å². The zero-order valence-electron chi connectivity index (χ0n) is 17.0. The van der Waals surface area contributed by atoms with Crippen LogP contribution in [-0.2, 0) is 12.8 Å². The van der Waals surface area contributed by atoms with Gasteiger partial charge in [0.05, 0.1) is 6.61 Å². The van der Waals surface area contributed by atoms with Gasteiger partial charge in [-0.25, -0.2) is 0 Å². The number of rotatable bonds is 5. The van der Waals surface area contributed by atoms with Crippen LogP contribution in [0.5, 0.6) is 5.75 Å². The van der Waals surface area contributed by atoms with Gasteiger partial charge in [0.2, 0.25) is 0 Å². The number of pyridine rings is 2. The standard InChI is InChI=1S/C24H24N2O3/c1-14-10-16(3)26-24(28)20(14)6-7-22(27)19-11-17-8-9-29-23(17)21(12-19)18-5-4-15(2)25-13-18/h4-5,10-13H,6-9H2,1-3H3,(H,26,28). The second-order valence-corrected chi connectivity index (χ2v) is 7.66. The molecule has 29 heavy (non-hydrogen) atoms. The number of H-pyrrole nitrogens is 1.